The van der Waals surface area contributed by atoms with E-state index in [1.54, 1.807) is 9.80 Å². The summed E-state index contributed by atoms with van der Waals surface area (Å²) in [5.41, 5.74) is 1.83. The second-order valence-electron chi connectivity index (χ2n) is 11.0. The van der Waals surface area contributed by atoms with E-state index in [1.165, 1.54) is 0 Å². The first-order valence-electron chi connectivity index (χ1n) is 14.8. The Morgan fingerprint density at radius 3 is 2.30 bits per heavy atom. The highest BCUT2D eigenvalue weighted by atomic mass is 16.5. The van der Waals surface area contributed by atoms with E-state index in [4.69, 9.17) is 9.47 Å². The lowest BCUT2D eigenvalue weighted by Crippen LogP contribution is -2.50. The van der Waals surface area contributed by atoms with Crippen molar-refractivity contribution in [3.8, 4) is 17.2 Å². The predicted molar refractivity (Wildman–Crippen MR) is 164 cm³/mol. The standard InChI is InChI=1S/C34H38N4O5/c1-4-37-29-22-38(28(20-23(2)3)32(39)35-18-19-42-25-13-7-5-8-14-25)33(40)30(29)31(36-34(37)41)24-12-11-17-27(21-24)43-26-15-9-6-10-16-26/h5-17,21,23,28,31H,4,18-20,22H2,1-3H3,(H,35,39)(H,36,41). The van der Waals surface area contributed by atoms with Crippen molar-refractivity contribution >= 4 is 17.8 Å². The Kier molecular flexibility index (Phi) is 9.29. The van der Waals surface area contributed by atoms with Crippen LogP contribution in [0.15, 0.2) is 96.2 Å². The molecule has 5 rings (SSSR count). The molecule has 0 radical (unpaired) electrons. The van der Waals surface area contributed by atoms with E-state index >= 15 is 0 Å². The van der Waals surface area contributed by atoms with E-state index < -0.39 is 12.1 Å². The van der Waals surface area contributed by atoms with Gasteiger partial charge in [0.1, 0.15) is 29.9 Å². The summed E-state index contributed by atoms with van der Waals surface area (Å²) in [5.74, 6) is 1.67. The maximum atomic E-state index is 14.2. The zero-order chi connectivity index (χ0) is 30.3. The summed E-state index contributed by atoms with van der Waals surface area (Å²) in [6, 6.07) is 24.6. The van der Waals surface area contributed by atoms with Crippen molar-refractivity contribution in [2.24, 2.45) is 5.92 Å². The molecule has 0 fully saturated rings. The molecule has 2 unspecified atom stereocenters. The molecule has 2 aliphatic rings. The molecule has 0 aromatic heterocycles. The molecule has 2 heterocycles. The van der Waals surface area contributed by atoms with E-state index in [0.29, 0.717) is 48.9 Å². The van der Waals surface area contributed by atoms with Gasteiger partial charge in [-0.2, -0.15) is 0 Å². The molecular weight excluding hydrogens is 544 g/mol. The van der Waals surface area contributed by atoms with Gasteiger partial charge in [0.25, 0.3) is 5.91 Å². The summed E-state index contributed by atoms with van der Waals surface area (Å²) < 4.78 is 11.8. The summed E-state index contributed by atoms with van der Waals surface area (Å²) in [4.78, 5) is 44.1. The summed E-state index contributed by atoms with van der Waals surface area (Å²) >= 11 is 0. The number of nitrogens with one attached hydrogen (secondary N) is 2. The van der Waals surface area contributed by atoms with Crippen LogP contribution >= 0.6 is 0 Å². The molecule has 224 valence electrons. The summed E-state index contributed by atoms with van der Waals surface area (Å²) in [7, 11) is 0. The number of hydrogen-bond donors (Lipinski definition) is 2. The van der Waals surface area contributed by atoms with Crippen molar-refractivity contribution in [2.45, 2.75) is 39.3 Å². The van der Waals surface area contributed by atoms with Gasteiger partial charge in [0.15, 0.2) is 0 Å². The molecule has 0 aliphatic carbocycles. The number of para-hydroxylation sites is 2. The molecule has 0 spiro atoms. The minimum atomic E-state index is -0.697. The highest BCUT2D eigenvalue weighted by Crippen LogP contribution is 2.38. The number of likely N-dealkylation sites (N-methyl/N-ethyl adjacent to an activating group) is 1. The molecule has 2 N–H and O–H groups in total. The van der Waals surface area contributed by atoms with Gasteiger partial charge in [-0.3, -0.25) is 14.5 Å². The lowest BCUT2D eigenvalue weighted by molar-refractivity contribution is -0.137. The van der Waals surface area contributed by atoms with Crippen LogP contribution in [0.25, 0.3) is 0 Å². The van der Waals surface area contributed by atoms with Crippen molar-refractivity contribution in [3.05, 3.63) is 102 Å². The van der Waals surface area contributed by atoms with Gasteiger partial charge < -0.3 is 25.0 Å². The number of hydrogen-bond acceptors (Lipinski definition) is 5. The van der Waals surface area contributed by atoms with Crippen LogP contribution in [0.2, 0.25) is 0 Å². The smallest absolute Gasteiger partial charge is 0.322 e. The van der Waals surface area contributed by atoms with Crippen LogP contribution in [0.3, 0.4) is 0 Å². The molecule has 3 aromatic carbocycles. The fourth-order valence-corrected chi connectivity index (χ4v) is 5.53. The second kappa shape index (κ2) is 13.5. The van der Waals surface area contributed by atoms with E-state index in [-0.39, 0.29) is 30.3 Å². The van der Waals surface area contributed by atoms with Gasteiger partial charge >= 0.3 is 6.03 Å². The predicted octanol–water partition coefficient (Wildman–Crippen LogP) is 5.27. The van der Waals surface area contributed by atoms with Gasteiger partial charge in [0.05, 0.1) is 30.4 Å². The fraction of sp³-hybridized carbons (Fsp3) is 0.324. The lowest BCUT2D eigenvalue weighted by atomic mass is 9.95. The number of benzene rings is 3. The average molecular weight is 583 g/mol. The third-order valence-corrected chi connectivity index (χ3v) is 7.52. The highest BCUT2D eigenvalue weighted by Gasteiger charge is 2.46. The second-order valence-corrected chi connectivity index (χ2v) is 11.0. The molecule has 0 saturated carbocycles. The average Bonchev–Trinajstić information content (AvgIpc) is 3.35. The quantitative estimate of drug-likeness (QED) is 0.284. The van der Waals surface area contributed by atoms with Crippen molar-refractivity contribution in [3.63, 3.8) is 0 Å². The van der Waals surface area contributed by atoms with Crippen LogP contribution in [0.4, 0.5) is 4.79 Å². The van der Waals surface area contributed by atoms with Crippen molar-refractivity contribution < 1.29 is 23.9 Å². The molecule has 43 heavy (non-hydrogen) atoms. The maximum absolute atomic E-state index is 14.2. The maximum Gasteiger partial charge on any atom is 0.322 e. The van der Waals surface area contributed by atoms with E-state index in [2.05, 4.69) is 10.6 Å². The first kappa shape index (κ1) is 29.7. The minimum absolute atomic E-state index is 0.159. The highest BCUT2D eigenvalue weighted by molar-refractivity contribution is 6.03. The largest absolute Gasteiger partial charge is 0.492 e. The molecular formula is C34H38N4O5. The van der Waals surface area contributed by atoms with E-state index in [0.717, 1.165) is 11.3 Å². The molecule has 0 saturated heterocycles. The Labute approximate surface area is 252 Å². The minimum Gasteiger partial charge on any atom is -0.492 e. The Hall–Kier alpha value is -4.79. The Morgan fingerprint density at radius 1 is 0.953 bits per heavy atom. The van der Waals surface area contributed by atoms with E-state index in [9.17, 15) is 14.4 Å². The summed E-state index contributed by atoms with van der Waals surface area (Å²) in [6.45, 7) is 7.10. The molecule has 9 heteroatoms. The van der Waals surface area contributed by atoms with Gasteiger partial charge in [-0.1, -0.05) is 62.4 Å². The van der Waals surface area contributed by atoms with Crippen LogP contribution in [0.5, 0.6) is 17.2 Å². The molecule has 9 nitrogen and oxygen atoms in total. The Morgan fingerprint density at radius 2 is 1.63 bits per heavy atom. The Bertz CT molecular complexity index is 1470. The number of amides is 4. The monoisotopic (exact) mass is 582 g/mol. The SMILES string of the molecule is CCN1C(=O)NC(c2cccc(Oc3ccccc3)c2)C2=C1CN(C(CC(C)C)C(=O)NCCOc1ccccc1)C2=O. The number of urea groups is 1. The van der Waals surface area contributed by atoms with Crippen LogP contribution in [-0.4, -0.2) is 59.9 Å². The number of carbonyl (C=O) groups excluding carboxylic acids is 3. The lowest BCUT2D eigenvalue weighted by Gasteiger charge is -2.33. The fourth-order valence-electron chi connectivity index (χ4n) is 5.53. The van der Waals surface area contributed by atoms with Crippen LogP contribution in [-0.2, 0) is 9.59 Å². The van der Waals surface area contributed by atoms with Crippen molar-refractivity contribution in [1.82, 2.24) is 20.4 Å². The zero-order valence-corrected chi connectivity index (χ0v) is 24.8. The van der Waals surface area contributed by atoms with Crippen molar-refractivity contribution in [2.75, 3.05) is 26.2 Å². The number of carbonyl (C=O) groups is 3. The van der Waals surface area contributed by atoms with Gasteiger partial charge in [-0.25, -0.2) is 4.79 Å². The molecule has 2 atom stereocenters. The number of rotatable bonds is 12. The third-order valence-electron chi connectivity index (χ3n) is 7.52. The van der Waals surface area contributed by atoms with Crippen LogP contribution in [0, 0.1) is 5.92 Å². The topological polar surface area (TPSA) is 100 Å². The van der Waals surface area contributed by atoms with E-state index in [1.807, 2.05) is 106 Å². The zero-order valence-electron chi connectivity index (χ0n) is 24.8. The summed E-state index contributed by atoms with van der Waals surface area (Å²) in [6.07, 6.45) is 0.482. The molecule has 4 amide bonds. The van der Waals surface area contributed by atoms with Crippen LogP contribution < -0.4 is 20.1 Å². The molecule has 0 bridgehead atoms. The molecule has 3 aromatic rings. The van der Waals surface area contributed by atoms with Gasteiger partial charge in [-0.15, -0.1) is 0 Å². The van der Waals surface area contributed by atoms with Gasteiger partial charge in [-0.05, 0) is 61.2 Å². The third kappa shape index (κ3) is 6.83. The normalized spacial score (nSPS) is 17.1. The number of nitrogens with zero attached hydrogens (tertiary/aromatic N) is 2. The summed E-state index contributed by atoms with van der Waals surface area (Å²) in [5, 5.41) is 5.98. The first-order chi connectivity index (χ1) is 20.9. The van der Waals surface area contributed by atoms with Crippen molar-refractivity contribution in [1.29, 1.82) is 0 Å². The van der Waals surface area contributed by atoms with Gasteiger partial charge in [0, 0.05) is 6.54 Å². The first-order valence-corrected chi connectivity index (χ1v) is 14.8. The number of ether oxygens (including phenoxy) is 2. The Balaban J connectivity index is 1.36. The van der Waals surface area contributed by atoms with Crippen LogP contribution in [0.1, 0.15) is 38.8 Å². The molecule has 2 aliphatic heterocycles. The van der Waals surface area contributed by atoms with Gasteiger partial charge in [0.2, 0.25) is 5.91 Å².